The number of aliphatic carboxylic acids is 3. The van der Waals surface area contributed by atoms with E-state index < -0.39 is 52.7 Å². The van der Waals surface area contributed by atoms with Crippen molar-refractivity contribution in [2.45, 2.75) is 12.4 Å². The Kier molecular flexibility index (Phi) is 16.6. The number of aliphatic hydroxyl groups is 1. The number of nitrogens with one attached hydrogen (secondary N) is 1. The zero-order valence-corrected chi connectivity index (χ0v) is 23.6. The van der Waals surface area contributed by atoms with Gasteiger partial charge in [0.25, 0.3) is 5.97 Å². The summed E-state index contributed by atoms with van der Waals surface area (Å²) in [4.78, 5) is 70.7. The third kappa shape index (κ3) is 16.9. The van der Waals surface area contributed by atoms with Crippen molar-refractivity contribution in [3.05, 3.63) is 0 Å². The molecular formula is C19H37N5O14P2. The van der Waals surface area contributed by atoms with Gasteiger partial charge in [0.05, 0.1) is 26.2 Å². The fourth-order valence-corrected chi connectivity index (χ4v) is 4.72. The van der Waals surface area contributed by atoms with E-state index in [4.69, 9.17) is 9.79 Å². The number of carbonyl (C=O) groups is 4. The highest BCUT2D eigenvalue weighted by Crippen LogP contribution is 2.34. The second-order valence-corrected chi connectivity index (χ2v) is 10.3. The molecule has 0 spiro atoms. The van der Waals surface area contributed by atoms with E-state index in [0.29, 0.717) is 0 Å². The van der Waals surface area contributed by atoms with Gasteiger partial charge in [0.2, 0.25) is 5.91 Å². The van der Waals surface area contributed by atoms with Gasteiger partial charge in [-0.15, -0.1) is 0 Å². The minimum Gasteiger partial charge on any atom is -0.480 e. The Bertz CT molecular complexity index is 865. The molecule has 1 fully saturated rings. The lowest BCUT2D eigenvalue weighted by Crippen LogP contribution is -2.50. The van der Waals surface area contributed by atoms with Crippen molar-refractivity contribution in [3.8, 4) is 0 Å². The molecule has 1 heterocycles. The van der Waals surface area contributed by atoms with Crippen LogP contribution in [0.5, 0.6) is 0 Å². The first-order valence-electron chi connectivity index (χ1n) is 12.0. The molecule has 1 saturated heterocycles. The fourth-order valence-electron chi connectivity index (χ4n) is 3.80. The third-order valence-corrected chi connectivity index (χ3v) is 6.62. The molecule has 0 radical (unpaired) electrons. The van der Waals surface area contributed by atoms with Crippen molar-refractivity contribution in [2.24, 2.45) is 0 Å². The summed E-state index contributed by atoms with van der Waals surface area (Å²) in [6.45, 7) is 0.0337. The molecule has 2 atom stereocenters. The second kappa shape index (κ2) is 18.4. The predicted octanol–water partition coefficient (Wildman–Crippen LogP) is -3.59. The summed E-state index contributed by atoms with van der Waals surface area (Å²) in [5.74, 6) is -6.75. The van der Waals surface area contributed by atoms with Crippen LogP contribution >= 0.6 is 16.5 Å². The Morgan fingerprint density at radius 3 is 1.23 bits per heavy atom. The second-order valence-electron chi connectivity index (χ2n) is 8.83. The zero-order valence-electron chi connectivity index (χ0n) is 21.6. The molecule has 0 aromatic carbocycles. The monoisotopic (exact) mass is 621 g/mol. The maximum Gasteiger partial charge on any atom is 0.320 e. The first kappa shape index (κ1) is 36.0. The normalized spacial score (nSPS) is 20.4. The molecule has 1 aliphatic heterocycles. The summed E-state index contributed by atoms with van der Waals surface area (Å²) < 4.78 is 30.4. The van der Waals surface area contributed by atoms with Gasteiger partial charge >= 0.3 is 34.4 Å². The Morgan fingerprint density at radius 1 is 0.650 bits per heavy atom. The van der Waals surface area contributed by atoms with Crippen LogP contribution in [0.4, 0.5) is 0 Å². The number of hydrogen-bond donors (Lipinski definition) is 7. The molecule has 0 aliphatic carbocycles. The van der Waals surface area contributed by atoms with Crippen LogP contribution in [-0.2, 0) is 37.4 Å². The van der Waals surface area contributed by atoms with E-state index >= 15 is 0 Å². The van der Waals surface area contributed by atoms with Gasteiger partial charge in [-0.2, -0.15) is 0 Å². The number of rotatable bonds is 15. The molecule has 0 bridgehead atoms. The van der Waals surface area contributed by atoms with Crippen molar-refractivity contribution < 1.29 is 67.6 Å². The van der Waals surface area contributed by atoms with Gasteiger partial charge in [0.1, 0.15) is 0 Å². The van der Waals surface area contributed by atoms with Crippen LogP contribution in [0, 0.1) is 0 Å². The average Bonchev–Trinajstić information content (AvgIpc) is 2.78. The van der Waals surface area contributed by atoms with Crippen LogP contribution in [-0.4, -0.2) is 165 Å². The standard InChI is InChI=1S/C19H37N5O14P2/c25-15(20-2-1-19(32,37-39(33)34)38-40(35)36)11-21-3-5-22(12-16(26)27)7-9-24(14-18(30)31)10-8-23(6-4-21)13-17(28)29/h32,39-40H,1-14H2,(H,20,25)(H,26,27)(H,28,29)(H,30,31)(H,33,34)(H,35,36). The Balaban J connectivity index is 2.91. The molecule has 0 saturated carbocycles. The maximum absolute atomic E-state index is 12.6. The molecule has 19 nitrogen and oxygen atoms in total. The lowest BCUT2D eigenvalue weighted by Gasteiger charge is -2.33. The van der Waals surface area contributed by atoms with Crippen molar-refractivity contribution in [1.82, 2.24) is 24.9 Å². The molecule has 232 valence electrons. The van der Waals surface area contributed by atoms with Crippen molar-refractivity contribution >= 4 is 40.3 Å². The smallest absolute Gasteiger partial charge is 0.320 e. The maximum atomic E-state index is 12.6. The summed E-state index contributed by atoms with van der Waals surface area (Å²) >= 11 is 0. The first-order chi connectivity index (χ1) is 18.7. The molecular weight excluding hydrogens is 584 g/mol. The molecule has 40 heavy (non-hydrogen) atoms. The number of hydrogen-bond acceptors (Lipinski definition) is 13. The Labute approximate surface area is 230 Å². The van der Waals surface area contributed by atoms with Crippen LogP contribution in [0.1, 0.15) is 6.42 Å². The third-order valence-electron chi connectivity index (χ3n) is 5.63. The minimum atomic E-state index is -3.77. The number of carbonyl (C=O) groups excluding carboxylic acids is 1. The molecule has 0 aromatic heterocycles. The van der Waals surface area contributed by atoms with E-state index in [-0.39, 0.29) is 85.1 Å². The van der Waals surface area contributed by atoms with E-state index in [0.717, 1.165) is 0 Å². The quantitative estimate of drug-likeness (QED) is 0.0688. The van der Waals surface area contributed by atoms with Gasteiger partial charge in [-0.3, -0.25) is 57.0 Å². The van der Waals surface area contributed by atoms with Crippen molar-refractivity contribution in [1.29, 1.82) is 0 Å². The summed E-state index contributed by atoms with van der Waals surface area (Å²) in [6.07, 6.45) is -0.668. The lowest BCUT2D eigenvalue weighted by atomic mass is 10.3. The van der Waals surface area contributed by atoms with Gasteiger partial charge < -0.3 is 35.5 Å². The van der Waals surface area contributed by atoms with Gasteiger partial charge in [-0.1, -0.05) is 0 Å². The van der Waals surface area contributed by atoms with E-state index in [1.54, 1.807) is 19.6 Å². The number of nitrogens with zero attached hydrogens (tertiary/aromatic N) is 4. The summed E-state index contributed by atoms with van der Waals surface area (Å²) in [5.41, 5.74) is 0. The topological polar surface area (TPSA) is 267 Å². The summed E-state index contributed by atoms with van der Waals surface area (Å²) in [6, 6.07) is 0. The van der Waals surface area contributed by atoms with Crippen LogP contribution in [0.3, 0.4) is 0 Å². The number of carboxylic acid groups (broad SMARTS) is 3. The summed E-state index contributed by atoms with van der Waals surface area (Å²) in [7, 11) is -7.54. The highest BCUT2D eigenvalue weighted by Gasteiger charge is 2.33. The molecule has 1 aliphatic rings. The first-order valence-corrected chi connectivity index (χ1v) is 14.6. The molecule has 7 N–H and O–H groups in total. The molecule has 1 amide bonds. The summed E-state index contributed by atoms with van der Waals surface area (Å²) in [5, 5.41) is 40.2. The number of carboxylic acids is 3. The van der Waals surface area contributed by atoms with Crippen LogP contribution < -0.4 is 5.32 Å². The highest BCUT2D eigenvalue weighted by atomic mass is 31.1. The van der Waals surface area contributed by atoms with Gasteiger partial charge in [-0.05, 0) is 0 Å². The Morgan fingerprint density at radius 2 is 0.950 bits per heavy atom. The average molecular weight is 621 g/mol. The van der Waals surface area contributed by atoms with E-state index in [1.165, 1.54) is 0 Å². The highest BCUT2D eigenvalue weighted by molar-refractivity contribution is 7.33. The van der Waals surface area contributed by atoms with Gasteiger partial charge in [0, 0.05) is 65.3 Å². The minimum absolute atomic E-state index is 0.190. The van der Waals surface area contributed by atoms with Crippen LogP contribution in [0.25, 0.3) is 0 Å². The van der Waals surface area contributed by atoms with E-state index in [2.05, 4.69) is 14.4 Å². The van der Waals surface area contributed by atoms with E-state index in [1.807, 2.05) is 0 Å². The van der Waals surface area contributed by atoms with Crippen LogP contribution in [0.2, 0.25) is 0 Å². The van der Waals surface area contributed by atoms with Crippen LogP contribution in [0.15, 0.2) is 0 Å². The fraction of sp³-hybridized carbons (Fsp3) is 0.789. The molecule has 2 unspecified atom stereocenters. The lowest BCUT2D eigenvalue weighted by molar-refractivity contribution is -0.275. The largest absolute Gasteiger partial charge is 0.480 e. The molecule has 0 aromatic rings. The van der Waals surface area contributed by atoms with E-state index in [9.17, 15) is 48.7 Å². The number of amides is 1. The zero-order chi connectivity index (χ0) is 30.3. The molecule has 1 rings (SSSR count). The predicted molar refractivity (Wildman–Crippen MR) is 136 cm³/mol. The van der Waals surface area contributed by atoms with Crippen molar-refractivity contribution in [2.75, 3.05) is 85.1 Å². The SMILES string of the molecule is O=C(O)CN1CCN(CC(=O)O)CCN(CC(=O)NCCC(O)(O[PH](=O)O)O[PH](=O)O)CCN(CC(=O)O)CC1. The van der Waals surface area contributed by atoms with Crippen molar-refractivity contribution in [3.63, 3.8) is 0 Å². The van der Waals surface area contributed by atoms with Gasteiger partial charge in [-0.25, -0.2) is 0 Å². The molecule has 21 heteroatoms. The Hall–Kier alpha value is -2.02. The van der Waals surface area contributed by atoms with Gasteiger partial charge in [0.15, 0.2) is 0 Å².